The van der Waals surface area contributed by atoms with Crippen molar-refractivity contribution in [3.05, 3.63) is 74.6 Å². The molecule has 0 spiro atoms. The normalized spacial score (nSPS) is 16.0. The number of ether oxygens (including phenoxy) is 1. The molecule has 2 heterocycles. The number of hydrogen-bond acceptors (Lipinski definition) is 3. The second-order valence-corrected chi connectivity index (χ2v) is 7.94. The van der Waals surface area contributed by atoms with E-state index in [1.807, 2.05) is 6.92 Å². The van der Waals surface area contributed by atoms with Crippen LogP contribution in [0.4, 0.5) is 0 Å². The molecule has 0 radical (unpaired) electrons. The summed E-state index contributed by atoms with van der Waals surface area (Å²) >= 11 is 0. The van der Waals surface area contributed by atoms with Crippen LogP contribution in [-0.4, -0.2) is 6.73 Å². The monoisotopic (exact) mass is 378 g/mol. The van der Waals surface area contributed by atoms with Gasteiger partial charge in [-0.05, 0) is 38.3 Å². The zero-order valence-corrected chi connectivity index (χ0v) is 16.9. The molecule has 0 fully saturated rings. The van der Waals surface area contributed by atoms with E-state index in [4.69, 9.17) is 9.15 Å². The molecule has 4 heteroatoms. The van der Waals surface area contributed by atoms with E-state index in [0.29, 0.717) is 12.3 Å². The predicted octanol–water partition coefficient (Wildman–Crippen LogP) is 3.69. The Hall–Kier alpha value is -2.59. The molecular weight excluding hydrogens is 350 g/mol. The molecule has 1 aliphatic rings. The Bertz CT molecular complexity index is 1050. The van der Waals surface area contributed by atoms with Crippen molar-refractivity contribution in [3.63, 3.8) is 0 Å². The van der Waals surface area contributed by atoms with Crippen molar-refractivity contribution in [3.8, 4) is 5.75 Å². The maximum atomic E-state index is 12.1. The van der Waals surface area contributed by atoms with Crippen molar-refractivity contribution in [1.82, 2.24) is 0 Å². The van der Waals surface area contributed by atoms with E-state index in [0.717, 1.165) is 54.6 Å². The van der Waals surface area contributed by atoms with Gasteiger partial charge in [-0.25, -0.2) is 4.79 Å². The molecule has 28 heavy (non-hydrogen) atoms. The summed E-state index contributed by atoms with van der Waals surface area (Å²) < 4.78 is 11.7. The summed E-state index contributed by atoms with van der Waals surface area (Å²) in [6.45, 7) is 8.74. The zero-order valence-electron chi connectivity index (χ0n) is 16.9. The highest BCUT2D eigenvalue weighted by Crippen LogP contribution is 2.33. The first-order valence-electron chi connectivity index (χ1n) is 10.2. The molecule has 0 amide bonds. The number of rotatable bonds is 5. The summed E-state index contributed by atoms with van der Waals surface area (Å²) in [6.07, 6.45) is 3.07. The van der Waals surface area contributed by atoms with Crippen LogP contribution in [0.5, 0.6) is 5.75 Å². The molecule has 1 N–H and O–H groups in total. The average Bonchev–Trinajstić information content (AvgIpc) is 2.69. The zero-order chi connectivity index (χ0) is 19.7. The molecule has 0 bridgehead atoms. The standard InChI is InChI=1S/C24H27NO3/c1-4-5-6-19-12-22(26)28-24-17(3)23-20(11-21(19)24)14-25(15-27-23)13-18-9-7-16(2)8-10-18/h7-12H,4-6,13-15H2,1-3H3/p+1. The molecule has 0 saturated heterocycles. The van der Waals surface area contributed by atoms with Gasteiger partial charge in [0.1, 0.15) is 24.4 Å². The summed E-state index contributed by atoms with van der Waals surface area (Å²) in [7, 11) is 0. The first kappa shape index (κ1) is 18.8. The molecule has 1 unspecified atom stereocenters. The summed E-state index contributed by atoms with van der Waals surface area (Å²) in [4.78, 5) is 13.4. The fourth-order valence-corrected chi connectivity index (χ4v) is 4.08. The largest absolute Gasteiger partial charge is 0.444 e. The van der Waals surface area contributed by atoms with Gasteiger partial charge in [-0.1, -0.05) is 43.2 Å². The van der Waals surface area contributed by atoms with Gasteiger partial charge in [0, 0.05) is 28.1 Å². The van der Waals surface area contributed by atoms with Crippen LogP contribution in [-0.2, 0) is 19.5 Å². The summed E-state index contributed by atoms with van der Waals surface area (Å²) in [5.74, 6) is 0.885. The van der Waals surface area contributed by atoms with Crippen LogP contribution in [0.15, 0.2) is 45.6 Å². The topological polar surface area (TPSA) is 43.9 Å². The highest BCUT2D eigenvalue weighted by molar-refractivity contribution is 5.86. The SMILES string of the molecule is CCCCc1cc(=O)oc2c(C)c3c(cc12)C[NH+](Cc1ccc(C)cc1)CO3. The van der Waals surface area contributed by atoms with Crippen molar-refractivity contribution >= 4 is 11.0 Å². The maximum absolute atomic E-state index is 12.1. The van der Waals surface area contributed by atoms with Gasteiger partial charge < -0.3 is 9.15 Å². The lowest BCUT2D eigenvalue weighted by Gasteiger charge is -2.28. The number of unbranched alkanes of at least 4 members (excludes halogenated alkanes) is 1. The first-order valence-corrected chi connectivity index (χ1v) is 10.2. The number of benzene rings is 2. The Morgan fingerprint density at radius 1 is 1.11 bits per heavy atom. The van der Waals surface area contributed by atoms with Crippen molar-refractivity contribution in [1.29, 1.82) is 0 Å². The number of fused-ring (bicyclic) bond motifs is 2. The highest BCUT2D eigenvalue weighted by Gasteiger charge is 2.25. The smallest absolute Gasteiger partial charge is 0.336 e. The second-order valence-electron chi connectivity index (χ2n) is 7.94. The lowest BCUT2D eigenvalue weighted by atomic mass is 9.98. The van der Waals surface area contributed by atoms with E-state index in [1.54, 1.807) is 6.07 Å². The van der Waals surface area contributed by atoms with Crippen LogP contribution >= 0.6 is 0 Å². The Morgan fingerprint density at radius 2 is 1.89 bits per heavy atom. The van der Waals surface area contributed by atoms with Crippen LogP contribution in [0.1, 0.15) is 47.6 Å². The molecule has 1 aliphatic heterocycles. The molecule has 146 valence electrons. The quantitative estimate of drug-likeness (QED) is 0.689. The molecule has 4 rings (SSSR count). The molecule has 3 aromatic rings. The summed E-state index contributed by atoms with van der Waals surface area (Å²) in [5.41, 5.74) is 6.23. The van der Waals surface area contributed by atoms with Gasteiger partial charge in [0.25, 0.3) is 0 Å². The van der Waals surface area contributed by atoms with Gasteiger partial charge in [-0.15, -0.1) is 0 Å². The van der Waals surface area contributed by atoms with Gasteiger partial charge in [-0.2, -0.15) is 0 Å². The minimum Gasteiger partial charge on any atom is -0.444 e. The Morgan fingerprint density at radius 3 is 2.64 bits per heavy atom. The first-order chi connectivity index (χ1) is 13.5. The summed E-state index contributed by atoms with van der Waals surface area (Å²) in [6, 6.07) is 12.5. The molecule has 1 atom stereocenters. The number of hydrogen-bond donors (Lipinski definition) is 1. The Kier molecular flexibility index (Phi) is 5.23. The third-order valence-electron chi connectivity index (χ3n) is 5.61. The second kappa shape index (κ2) is 7.80. The van der Waals surface area contributed by atoms with Gasteiger partial charge in [0.15, 0.2) is 0 Å². The van der Waals surface area contributed by atoms with Crippen LogP contribution in [0.25, 0.3) is 11.0 Å². The molecular formula is C24H28NO3+. The third kappa shape index (κ3) is 3.69. The van der Waals surface area contributed by atoms with E-state index in [2.05, 4.69) is 44.2 Å². The van der Waals surface area contributed by atoms with Crippen molar-refractivity contribution < 1.29 is 14.1 Å². The van der Waals surface area contributed by atoms with E-state index in [-0.39, 0.29) is 5.63 Å². The Labute approximate surface area is 165 Å². The molecule has 4 nitrogen and oxygen atoms in total. The number of quaternary nitrogens is 1. The Balaban J connectivity index is 1.68. The van der Waals surface area contributed by atoms with Crippen LogP contribution in [0, 0.1) is 13.8 Å². The summed E-state index contributed by atoms with van der Waals surface area (Å²) in [5, 5.41) is 1.06. The predicted molar refractivity (Wildman–Crippen MR) is 111 cm³/mol. The lowest BCUT2D eigenvalue weighted by Crippen LogP contribution is -3.10. The van der Waals surface area contributed by atoms with E-state index < -0.39 is 0 Å². The van der Waals surface area contributed by atoms with Gasteiger partial charge in [-0.3, -0.25) is 4.90 Å². The van der Waals surface area contributed by atoms with Gasteiger partial charge in [0.2, 0.25) is 6.73 Å². The van der Waals surface area contributed by atoms with E-state index in [1.165, 1.54) is 21.6 Å². The van der Waals surface area contributed by atoms with Crippen molar-refractivity contribution in [2.75, 3.05) is 6.73 Å². The lowest BCUT2D eigenvalue weighted by molar-refractivity contribution is -0.945. The van der Waals surface area contributed by atoms with E-state index >= 15 is 0 Å². The van der Waals surface area contributed by atoms with Crippen molar-refractivity contribution in [2.24, 2.45) is 0 Å². The molecule has 1 aromatic heterocycles. The van der Waals surface area contributed by atoms with Gasteiger partial charge in [0.05, 0.1) is 0 Å². The number of nitrogens with one attached hydrogen (secondary N) is 1. The fourth-order valence-electron chi connectivity index (χ4n) is 4.08. The third-order valence-corrected chi connectivity index (χ3v) is 5.61. The highest BCUT2D eigenvalue weighted by atomic mass is 16.5. The molecule has 2 aromatic carbocycles. The van der Waals surface area contributed by atoms with Crippen LogP contribution in [0.3, 0.4) is 0 Å². The van der Waals surface area contributed by atoms with Crippen LogP contribution in [0.2, 0.25) is 0 Å². The maximum Gasteiger partial charge on any atom is 0.336 e. The van der Waals surface area contributed by atoms with Gasteiger partial charge >= 0.3 is 5.63 Å². The van der Waals surface area contributed by atoms with Crippen LogP contribution < -0.4 is 15.3 Å². The van der Waals surface area contributed by atoms with Crippen molar-refractivity contribution in [2.45, 2.75) is 53.1 Å². The van der Waals surface area contributed by atoms with E-state index in [9.17, 15) is 4.79 Å². The number of aryl methyl sites for hydroxylation is 3. The fraction of sp³-hybridized carbons (Fsp3) is 0.375. The molecule has 0 saturated carbocycles. The average molecular weight is 378 g/mol. The minimum atomic E-state index is -0.274. The minimum absolute atomic E-state index is 0.274. The molecule has 0 aliphatic carbocycles.